The zero-order valence-corrected chi connectivity index (χ0v) is 19.7. The number of nitrogens with zero attached hydrogens (tertiary/aromatic N) is 1. The van der Waals surface area contributed by atoms with Gasteiger partial charge in [0.15, 0.2) is 5.78 Å². The number of carbonyl (C=O) groups is 2. The lowest BCUT2D eigenvalue weighted by molar-refractivity contribution is -0.122. The molecule has 2 amide bonds. The number of thiophene rings is 1. The summed E-state index contributed by atoms with van der Waals surface area (Å²) in [5.74, 6) is 0.981. The fourth-order valence-electron chi connectivity index (χ4n) is 4.23. The van der Waals surface area contributed by atoms with Gasteiger partial charge in [-0.05, 0) is 77.9 Å². The van der Waals surface area contributed by atoms with E-state index in [1.54, 1.807) is 23.3 Å². The van der Waals surface area contributed by atoms with Crippen molar-refractivity contribution in [1.82, 2.24) is 10.2 Å². The second kappa shape index (κ2) is 10.4. The number of aryl methyl sites for hydroxylation is 1. The molecular weight excluding hydrogens is 444 g/mol. The Morgan fingerprint density at radius 1 is 1.22 bits per heavy atom. The molecule has 7 heteroatoms. The maximum absolute atomic E-state index is 12.8. The zero-order valence-electron chi connectivity index (χ0n) is 18.1. The number of halogens is 1. The third-order valence-electron chi connectivity index (χ3n) is 5.98. The molecule has 1 saturated heterocycles. The van der Waals surface area contributed by atoms with Crippen LogP contribution >= 0.6 is 22.9 Å². The Hall–Kier alpha value is -2.57. The number of rotatable bonds is 8. The standard InChI is InChI=1S/C25H27ClN2O3S/c1-31-20-10-7-17(8-11-20)4-2-6-23(29)22-5-3-13-28(22)25(30)27-15-18-16-32-24-12-9-19(26)14-21(18)24/h7-12,14,16,22H,2-6,13,15H2,1H3,(H,27,30). The van der Waals surface area contributed by atoms with Gasteiger partial charge in [0.05, 0.1) is 13.2 Å². The molecule has 1 unspecified atom stereocenters. The molecule has 0 bridgehead atoms. The van der Waals surface area contributed by atoms with Gasteiger partial charge in [-0.3, -0.25) is 4.79 Å². The molecule has 1 fully saturated rings. The summed E-state index contributed by atoms with van der Waals surface area (Å²) < 4.78 is 6.32. The maximum Gasteiger partial charge on any atom is 0.318 e. The highest BCUT2D eigenvalue weighted by Crippen LogP contribution is 2.29. The highest BCUT2D eigenvalue weighted by molar-refractivity contribution is 7.17. The highest BCUT2D eigenvalue weighted by atomic mass is 35.5. The van der Waals surface area contributed by atoms with Crippen molar-refractivity contribution < 1.29 is 14.3 Å². The van der Waals surface area contributed by atoms with E-state index in [1.807, 2.05) is 47.8 Å². The van der Waals surface area contributed by atoms with Crippen LogP contribution in [0.1, 0.15) is 36.8 Å². The maximum atomic E-state index is 12.8. The molecule has 1 aromatic heterocycles. The largest absolute Gasteiger partial charge is 0.497 e. The van der Waals surface area contributed by atoms with Crippen molar-refractivity contribution in [3.05, 3.63) is 64.0 Å². The average molecular weight is 471 g/mol. The normalized spacial score (nSPS) is 15.8. The van der Waals surface area contributed by atoms with Crippen LogP contribution in [-0.2, 0) is 17.8 Å². The number of amides is 2. The molecule has 0 spiro atoms. The van der Waals surface area contributed by atoms with Crippen molar-refractivity contribution in [2.75, 3.05) is 13.7 Å². The van der Waals surface area contributed by atoms with Crippen LogP contribution in [-0.4, -0.2) is 36.4 Å². The molecule has 4 rings (SSSR count). The molecule has 1 atom stereocenters. The van der Waals surface area contributed by atoms with Crippen LogP contribution in [0.4, 0.5) is 4.79 Å². The Balaban J connectivity index is 1.29. The van der Waals surface area contributed by atoms with Crippen LogP contribution in [0.25, 0.3) is 10.1 Å². The van der Waals surface area contributed by atoms with Gasteiger partial charge < -0.3 is 15.0 Å². The molecule has 3 aromatic rings. The topological polar surface area (TPSA) is 58.6 Å². The molecule has 1 N–H and O–H groups in total. The number of carbonyl (C=O) groups excluding carboxylic acids is 2. The molecule has 2 aromatic carbocycles. The van der Waals surface area contributed by atoms with Crippen LogP contribution in [0, 0.1) is 0 Å². The molecule has 0 aliphatic carbocycles. The smallest absolute Gasteiger partial charge is 0.318 e. The number of likely N-dealkylation sites (tertiary alicyclic amines) is 1. The minimum absolute atomic E-state index is 0.152. The van der Waals surface area contributed by atoms with Gasteiger partial charge in [0.25, 0.3) is 0 Å². The van der Waals surface area contributed by atoms with Crippen LogP contribution in [0.2, 0.25) is 5.02 Å². The molecule has 32 heavy (non-hydrogen) atoms. The minimum Gasteiger partial charge on any atom is -0.497 e. The molecule has 1 aliphatic rings. The van der Waals surface area contributed by atoms with Crippen molar-refractivity contribution in [1.29, 1.82) is 0 Å². The number of ketones is 1. The summed E-state index contributed by atoms with van der Waals surface area (Å²) in [6, 6.07) is 13.2. The number of Topliss-reactive ketones (excluding diaryl/α,β-unsaturated/α-hetero) is 1. The highest BCUT2D eigenvalue weighted by Gasteiger charge is 2.33. The van der Waals surface area contributed by atoms with Gasteiger partial charge in [-0.25, -0.2) is 4.79 Å². The number of hydrogen-bond donors (Lipinski definition) is 1. The van der Waals surface area contributed by atoms with Crippen molar-refractivity contribution >= 4 is 44.8 Å². The first-order valence-electron chi connectivity index (χ1n) is 10.9. The van der Waals surface area contributed by atoms with Crippen LogP contribution < -0.4 is 10.1 Å². The van der Waals surface area contributed by atoms with Crippen LogP contribution in [0.5, 0.6) is 5.75 Å². The molecule has 1 aliphatic heterocycles. The van der Waals surface area contributed by atoms with E-state index in [0.29, 0.717) is 24.5 Å². The second-order valence-electron chi connectivity index (χ2n) is 8.08. The predicted molar refractivity (Wildman–Crippen MR) is 130 cm³/mol. The van der Waals surface area contributed by atoms with E-state index in [1.165, 1.54) is 5.56 Å². The lowest BCUT2D eigenvalue weighted by Gasteiger charge is -2.24. The lowest BCUT2D eigenvalue weighted by atomic mass is 10.0. The first-order valence-corrected chi connectivity index (χ1v) is 12.2. The van der Waals surface area contributed by atoms with Crippen molar-refractivity contribution in [2.24, 2.45) is 0 Å². The monoisotopic (exact) mass is 470 g/mol. The fourth-order valence-corrected chi connectivity index (χ4v) is 5.35. The van der Waals surface area contributed by atoms with Gasteiger partial charge in [0, 0.05) is 29.2 Å². The number of ether oxygens (including phenoxy) is 1. The fraction of sp³-hybridized carbons (Fsp3) is 0.360. The third-order valence-corrected chi connectivity index (χ3v) is 7.23. The molecule has 0 saturated carbocycles. The second-order valence-corrected chi connectivity index (χ2v) is 9.43. The Labute approximate surface area is 197 Å². The van der Waals surface area contributed by atoms with Crippen LogP contribution in [0.15, 0.2) is 47.8 Å². The van der Waals surface area contributed by atoms with E-state index in [9.17, 15) is 9.59 Å². The summed E-state index contributed by atoms with van der Waals surface area (Å²) in [7, 11) is 1.65. The molecule has 0 radical (unpaired) electrons. The average Bonchev–Trinajstić information content (AvgIpc) is 3.45. The van der Waals surface area contributed by atoms with Gasteiger partial charge in [0.2, 0.25) is 0 Å². The summed E-state index contributed by atoms with van der Waals surface area (Å²) in [6.07, 6.45) is 3.69. The Kier molecular flexibility index (Phi) is 7.33. The Morgan fingerprint density at radius 3 is 2.81 bits per heavy atom. The molecule has 168 valence electrons. The van der Waals surface area contributed by atoms with Gasteiger partial charge in [-0.15, -0.1) is 11.3 Å². The zero-order chi connectivity index (χ0) is 22.5. The first kappa shape index (κ1) is 22.6. The lowest BCUT2D eigenvalue weighted by Crippen LogP contribution is -2.45. The van der Waals surface area contributed by atoms with E-state index >= 15 is 0 Å². The quantitative estimate of drug-likeness (QED) is 0.450. The Morgan fingerprint density at radius 2 is 2.03 bits per heavy atom. The van der Waals surface area contributed by atoms with Gasteiger partial charge >= 0.3 is 6.03 Å². The van der Waals surface area contributed by atoms with Crippen LogP contribution in [0.3, 0.4) is 0 Å². The molecule has 5 nitrogen and oxygen atoms in total. The van der Waals surface area contributed by atoms with E-state index < -0.39 is 0 Å². The van der Waals surface area contributed by atoms with E-state index in [0.717, 1.165) is 47.1 Å². The first-order chi connectivity index (χ1) is 15.5. The van der Waals surface area contributed by atoms with Gasteiger partial charge in [0.1, 0.15) is 5.75 Å². The van der Waals surface area contributed by atoms with E-state index in [4.69, 9.17) is 16.3 Å². The van der Waals surface area contributed by atoms with Gasteiger partial charge in [-0.2, -0.15) is 0 Å². The number of methoxy groups -OCH3 is 1. The number of urea groups is 1. The summed E-state index contributed by atoms with van der Waals surface area (Å²) >= 11 is 7.76. The van der Waals surface area contributed by atoms with Crippen molar-refractivity contribution in [2.45, 2.75) is 44.7 Å². The molecule has 2 heterocycles. The molecular formula is C25H27ClN2O3S. The third kappa shape index (κ3) is 5.25. The summed E-state index contributed by atoms with van der Waals surface area (Å²) in [6.45, 7) is 1.05. The van der Waals surface area contributed by atoms with Gasteiger partial charge in [-0.1, -0.05) is 23.7 Å². The van der Waals surface area contributed by atoms with E-state index in [-0.39, 0.29) is 17.9 Å². The minimum atomic E-state index is -0.320. The van der Waals surface area contributed by atoms with E-state index in [2.05, 4.69) is 5.32 Å². The summed E-state index contributed by atoms with van der Waals surface area (Å²) in [5, 5.41) is 6.80. The number of benzene rings is 2. The predicted octanol–water partition coefficient (Wildman–Crippen LogP) is 5.83. The summed E-state index contributed by atoms with van der Waals surface area (Å²) in [4.78, 5) is 27.4. The number of hydrogen-bond acceptors (Lipinski definition) is 4. The van der Waals surface area contributed by atoms with Crippen molar-refractivity contribution in [3.63, 3.8) is 0 Å². The Bertz CT molecular complexity index is 1100. The number of fused-ring (bicyclic) bond motifs is 1. The summed E-state index contributed by atoms with van der Waals surface area (Å²) in [5.41, 5.74) is 2.23. The number of nitrogens with one attached hydrogen (secondary N) is 1. The SMILES string of the molecule is COc1ccc(CCCC(=O)C2CCCN2C(=O)NCc2csc3ccc(Cl)cc23)cc1. The van der Waals surface area contributed by atoms with Crippen molar-refractivity contribution in [3.8, 4) is 5.75 Å².